The topological polar surface area (TPSA) is 53.7 Å². The second-order valence-corrected chi connectivity index (χ2v) is 7.27. The van der Waals surface area contributed by atoms with Gasteiger partial charge in [0, 0.05) is 31.4 Å². The van der Waals surface area contributed by atoms with Crippen LogP contribution in [0.3, 0.4) is 0 Å². The number of halogens is 1. The lowest BCUT2D eigenvalue weighted by molar-refractivity contribution is 0.472. The summed E-state index contributed by atoms with van der Waals surface area (Å²) in [5.41, 5.74) is 1.33. The molecule has 138 valence electrons. The first-order valence-corrected chi connectivity index (χ1v) is 9.57. The molecular weight excluding hydrogens is 447 g/mol. The van der Waals surface area contributed by atoms with Crippen LogP contribution in [0.5, 0.6) is 0 Å². The predicted molar refractivity (Wildman–Crippen MR) is 114 cm³/mol. The number of aryl methyl sites for hydroxylation is 2. The van der Waals surface area contributed by atoms with Crippen LogP contribution in [-0.2, 0) is 25.8 Å². The van der Waals surface area contributed by atoms with Crippen molar-refractivity contribution in [2.45, 2.75) is 45.6 Å². The highest BCUT2D eigenvalue weighted by Gasteiger charge is 2.16. The summed E-state index contributed by atoms with van der Waals surface area (Å²) in [6.07, 6.45) is 7.47. The number of aromatic nitrogens is 1. The Kier molecular flexibility index (Phi) is 8.21. The van der Waals surface area contributed by atoms with Crippen molar-refractivity contribution < 1.29 is 4.42 Å². The van der Waals surface area contributed by atoms with E-state index in [2.05, 4.69) is 24.2 Å². The Labute approximate surface area is 171 Å². The van der Waals surface area contributed by atoms with Gasteiger partial charge in [-0.1, -0.05) is 0 Å². The number of hydrogen-bond donors (Lipinski definition) is 1. The van der Waals surface area contributed by atoms with Crippen LogP contribution in [0.4, 0.5) is 0 Å². The molecule has 0 amide bonds. The number of aliphatic imine (C=N–C) groups is 1. The first kappa shape index (κ1) is 20.2. The maximum absolute atomic E-state index is 5.37. The smallest absolute Gasteiger partial charge is 0.194 e. The second kappa shape index (κ2) is 10.2. The van der Waals surface area contributed by atoms with Gasteiger partial charge in [0.05, 0.1) is 18.5 Å². The summed E-state index contributed by atoms with van der Waals surface area (Å²) in [5.74, 6) is 1.90. The van der Waals surface area contributed by atoms with E-state index in [1.54, 1.807) is 6.26 Å². The van der Waals surface area contributed by atoms with Gasteiger partial charge in [-0.05, 0) is 44.7 Å². The van der Waals surface area contributed by atoms with Gasteiger partial charge >= 0.3 is 0 Å². The minimum atomic E-state index is 0. The van der Waals surface area contributed by atoms with Gasteiger partial charge < -0.3 is 14.6 Å². The van der Waals surface area contributed by atoms with Crippen LogP contribution in [-0.4, -0.2) is 36.0 Å². The molecule has 0 unspecified atom stereocenters. The van der Waals surface area contributed by atoms with Crippen molar-refractivity contribution in [2.24, 2.45) is 4.99 Å². The predicted octanol–water partition coefficient (Wildman–Crippen LogP) is 3.87. The van der Waals surface area contributed by atoms with Crippen molar-refractivity contribution in [1.82, 2.24) is 15.2 Å². The van der Waals surface area contributed by atoms with Crippen molar-refractivity contribution in [3.63, 3.8) is 0 Å². The Hall–Kier alpha value is -1.09. The van der Waals surface area contributed by atoms with Crippen LogP contribution in [0.25, 0.3) is 0 Å². The van der Waals surface area contributed by atoms with Crippen LogP contribution >= 0.6 is 35.3 Å². The fourth-order valence-electron chi connectivity index (χ4n) is 2.95. The van der Waals surface area contributed by atoms with Crippen molar-refractivity contribution >= 4 is 41.3 Å². The zero-order valence-corrected chi connectivity index (χ0v) is 18.1. The molecule has 0 radical (unpaired) electrons. The molecule has 2 aromatic rings. The van der Waals surface area contributed by atoms with Crippen LogP contribution in [0.15, 0.2) is 27.8 Å². The number of thiazole rings is 1. The lowest BCUT2D eigenvalue weighted by atomic mass is 10.0. The molecule has 0 saturated carbocycles. The molecule has 1 aliphatic rings. The molecule has 7 heteroatoms. The highest BCUT2D eigenvalue weighted by Crippen LogP contribution is 2.27. The van der Waals surface area contributed by atoms with Gasteiger partial charge in [0.2, 0.25) is 0 Å². The van der Waals surface area contributed by atoms with E-state index in [0.717, 1.165) is 37.7 Å². The molecule has 2 heterocycles. The highest BCUT2D eigenvalue weighted by molar-refractivity contribution is 14.0. The quantitative estimate of drug-likeness (QED) is 0.393. The van der Waals surface area contributed by atoms with E-state index in [9.17, 15) is 0 Å². The van der Waals surface area contributed by atoms with Crippen LogP contribution in [0, 0.1) is 0 Å². The van der Waals surface area contributed by atoms with Gasteiger partial charge in [-0.15, -0.1) is 35.3 Å². The minimum absolute atomic E-state index is 0. The Morgan fingerprint density at radius 1 is 1.40 bits per heavy atom. The van der Waals surface area contributed by atoms with Gasteiger partial charge in [0.1, 0.15) is 10.8 Å². The van der Waals surface area contributed by atoms with Crippen molar-refractivity contribution in [3.05, 3.63) is 39.7 Å². The van der Waals surface area contributed by atoms with Gasteiger partial charge in [-0.3, -0.25) is 4.99 Å². The Morgan fingerprint density at radius 2 is 2.24 bits per heavy atom. The number of hydrogen-bond acceptors (Lipinski definition) is 4. The van der Waals surface area contributed by atoms with Crippen LogP contribution in [0.2, 0.25) is 0 Å². The molecule has 0 atom stereocenters. The number of nitrogens with zero attached hydrogens (tertiary/aromatic N) is 3. The largest absolute Gasteiger partial charge is 0.469 e. The Bertz CT molecular complexity index is 645. The van der Waals surface area contributed by atoms with Gasteiger partial charge in [-0.2, -0.15) is 0 Å². The van der Waals surface area contributed by atoms with Crippen molar-refractivity contribution in [3.8, 4) is 0 Å². The summed E-state index contributed by atoms with van der Waals surface area (Å²) in [7, 11) is 2.08. The monoisotopic (exact) mass is 474 g/mol. The molecule has 0 aliphatic heterocycles. The van der Waals surface area contributed by atoms with Gasteiger partial charge in [-0.25, -0.2) is 4.98 Å². The minimum Gasteiger partial charge on any atom is -0.469 e. The summed E-state index contributed by atoms with van der Waals surface area (Å²) < 4.78 is 5.37. The van der Waals surface area contributed by atoms with E-state index < -0.39 is 0 Å². The van der Waals surface area contributed by atoms with E-state index in [-0.39, 0.29) is 24.0 Å². The fraction of sp³-hybridized carbons (Fsp3) is 0.556. The molecule has 1 N–H and O–H groups in total. The molecule has 1 aliphatic carbocycles. The summed E-state index contributed by atoms with van der Waals surface area (Å²) in [6, 6.07) is 3.91. The lowest BCUT2D eigenvalue weighted by Crippen LogP contribution is -2.38. The van der Waals surface area contributed by atoms with E-state index in [0.29, 0.717) is 6.54 Å². The number of rotatable bonds is 6. The first-order chi connectivity index (χ1) is 11.8. The average molecular weight is 474 g/mol. The molecule has 5 nitrogen and oxygen atoms in total. The molecule has 0 spiro atoms. The van der Waals surface area contributed by atoms with Gasteiger partial charge in [0.15, 0.2) is 5.96 Å². The molecule has 0 saturated heterocycles. The molecule has 25 heavy (non-hydrogen) atoms. The SMILES string of the molecule is CCNC(=NCCc1ccco1)N(C)Cc1nc2c(s1)CCCC2.I. The highest BCUT2D eigenvalue weighted by atomic mass is 127. The van der Waals surface area contributed by atoms with Gasteiger partial charge in [0.25, 0.3) is 0 Å². The maximum Gasteiger partial charge on any atom is 0.194 e. The second-order valence-electron chi connectivity index (χ2n) is 6.11. The number of nitrogens with one attached hydrogen (secondary N) is 1. The average Bonchev–Trinajstić information content (AvgIpc) is 3.22. The molecule has 2 aromatic heterocycles. The van der Waals surface area contributed by atoms with Crippen molar-refractivity contribution in [1.29, 1.82) is 0 Å². The molecule has 3 rings (SSSR count). The van der Waals surface area contributed by atoms with E-state index in [1.165, 1.54) is 34.8 Å². The molecule has 0 bridgehead atoms. The van der Waals surface area contributed by atoms with E-state index in [4.69, 9.17) is 14.4 Å². The molecular formula is C18H27IN4OS. The van der Waals surface area contributed by atoms with E-state index in [1.807, 2.05) is 23.5 Å². The fourth-order valence-corrected chi connectivity index (χ4v) is 4.16. The zero-order chi connectivity index (χ0) is 16.8. The summed E-state index contributed by atoms with van der Waals surface area (Å²) in [4.78, 5) is 13.2. The maximum atomic E-state index is 5.37. The third kappa shape index (κ3) is 5.70. The van der Waals surface area contributed by atoms with Crippen LogP contribution in [0.1, 0.15) is 41.1 Å². The third-order valence-electron chi connectivity index (χ3n) is 4.16. The molecule has 0 aromatic carbocycles. The van der Waals surface area contributed by atoms with Crippen molar-refractivity contribution in [2.75, 3.05) is 20.1 Å². The Balaban J connectivity index is 0.00000225. The molecule has 0 fully saturated rings. The first-order valence-electron chi connectivity index (χ1n) is 8.75. The zero-order valence-electron chi connectivity index (χ0n) is 15.0. The van der Waals surface area contributed by atoms with E-state index >= 15 is 0 Å². The number of guanidine groups is 1. The summed E-state index contributed by atoms with van der Waals surface area (Å²) in [6.45, 7) is 4.48. The Morgan fingerprint density at radius 3 is 2.96 bits per heavy atom. The summed E-state index contributed by atoms with van der Waals surface area (Å²) >= 11 is 1.87. The van der Waals surface area contributed by atoms with Crippen LogP contribution < -0.4 is 5.32 Å². The number of furan rings is 1. The summed E-state index contributed by atoms with van der Waals surface area (Å²) in [5, 5.41) is 4.56. The normalized spacial score (nSPS) is 13.9. The lowest BCUT2D eigenvalue weighted by Gasteiger charge is -2.20. The standard InChI is InChI=1S/C18H26N4OS.HI/c1-3-19-18(20-11-10-14-7-6-12-23-14)22(2)13-17-21-15-8-4-5-9-16(15)24-17;/h6-7,12H,3-5,8-11,13H2,1-2H3,(H,19,20);1H. The third-order valence-corrected chi connectivity index (χ3v) is 5.30. The number of fused-ring (bicyclic) bond motifs is 1.